The van der Waals surface area contributed by atoms with Crippen LogP contribution >= 0.6 is 11.3 Å². The van der Waals surface area contributed by atoms with E-state index < -0.39 is 11.8 Å². The largest absolute Gasteiger partial charge is 0.478 e. The standard InChI is InChI=1S/C15H16FNO2S/c1-15(2,13-4-3-7-20-13)9-17-10-5-6-11(14(18)19)12(16)8-10/h3-8,17H,9H2,1-2H3,(H,18,19). The molecule has 0 amide bonds. The molecule has 106 valence electrons. The van der Waals surface area contributed by atoms with E-state index in [1.54, 1.807) is 17.4 Å². The molecule has 2 N–H and O–H groups in total. The molecular formula is C15H16FNO2S. The predicted molar refractivity (Wildman–Crippen MR) is 79.2 cm³/mol. The van der Waals surface area contributed by atoms with Crippen molar-refractivity contribution in [3.8, 4) is 0 Å². The van der Waals surface area contributed by atoms with Gasteiger partial charge in [-0.2, -0.15) is 0 Å². The van der Waals surface area contributed by atoms with Crippen molar-refractivity contribution in [1.29, 1.82) is 0 Å². The number of aromatic carboxylic acids is 1. The quantitative estimate of drug-likeness (QED) is 0.876. The van der Waals surface area contributed by atoms with E-state index in [0.29, 0.717) is 12.2 Å². The van der Waals surface area contributed by atoms with Gasteiger partial charge >= 0.3 is 5.97 Å². The fraction of sp³-hybridized carbons (Fsp3) is 0.267. The Morgan fingerprint density at radius 3 is 2.70 bits per heavy atom. The molecule has 20 heavy (non-hydrogen) atoms. The van der Waals surface area contributed by atoms with Crippen LogP contribution in [0.25, 0.3) is 0 Å². The molecule has 0 atom stereocenters. The van der Waals surface area contributed by atoms with Crippen molar-refractivity contribution in [2.75, 3.05) is 11.9 Å². The van der Waals surface area contributed by atoms with Gasteiger partial charge in [0.15, 0.2) is 0 Å². The Kier molecular flexibility index (Phi) is 4.09. The summed E-state index contributed by atoms with van der Waals surface area (Å²) in [5.74, 6) is -1.98. The molecule has 0 radical (unpaired) electrons. The van der Waals surface area contributed by atoms with Crippen molar-refractivity contribution in [2.45, 2.75) is 19.3 Å². The average Bonchev–Trinajstić information content (AvgIpc) is 2.90. The second-order valence-corrected chi connectivity index (χ2v) is 6.16. The molecule has 0 aliphatic carbocycles. The van der Waals surface area contributed by atoms with Gasteiger partial charge in [-0.05, 0) is 29.6 Å². The maximum absolute atomic E-state index is 13.6. The van der Waals surface area contributed by atoms with E-state index in [2.05, 4.69) is 25.2 Å². The Morgan fingerprint density at radius 1 is 1.40 bits per heavy atom. The number of carboxylic acids is 1. The highest BCUT2D eigenvalue weighted by Crippen LogP contribution is 2.28. The summed E-state index contributed by atoms with van der Waals surface area (Å²) in [6.45, 7) is 4.85. The fourth-order valence-electron chi connectivity index (χ4n) is 1.87. The van der Waals surface area contributed by atoms with Gasteiger partial charge in [-0.3, -0.25) is 0 Å². The van der Waals surface area contributed by atoms with Crippen LogP contribution in [0.3, 0.4) is 0 Å². The summed E-state index contributed by atoms with van der Waals surface area (Å²) >= 11 is 1.68. The highest BCUT2D eigenvalue weighted by molar-refractivity contribution is 7.10. The molecule has 0 unspecified atom stereocenters. The zero-order chi connectivity index (χ0) is 14.8. The van der Waals surface area contributed by atoms with Crippen molar-refractivity contribution in [1.82, 2.24) is 0 Å². The van der Waals surface area contributed by atoms with Gasteiger partial charge in [0.25, 0.3) is 0 Å². The minimum absolute atomic E-state index is 0.0733. The topological polar surface area (TPSA) is 49.3 Å². The number of carbonyl (C=O) groups is 1. The third-order valence-electron chi connectivity index (χ3n) is 3.12. The minimum atomic E-state index is -1.26. The zero-order valence-corrected chi connectivity index (χ0v) is 12.1. The number of halogens is 1. The summed E-state index contributed by atoms with van der Waals surface area (Å²) in [5, 5.41) is 14.0. The Morgan fingerprint density at radius 2 is 2.15 bits per heavy atom. The lowest BCUT2D eigenvalue weighted by Gasteiger charge is -2.24. The molecule has 0 aliphatic rings. The smallest absolute Gasteiger partial charge is 0.338 e. The molecular weight excluding hydrogens is 277 g/mol. The molecule has 2 aromatic rings. The zero-order valence-electron chi connectivity index (χ0n) is 11.3. The highest BCUT2D eigenvalue weighted by Gasteiger charge is 2.21. The van der Waals surface area contributed by atoms with Crippen LogP contribution in [0, 0.1) is 5.82 Å². The third kappa shape index (κ3) is 3.17. The summed E-state index contributed by atoms with van der Waals surface area (Å²) < 4.78 is 13.6. The molecule has 0 saturated carbocycles. The van der Waals surface area contributed by atoms with Crippen LogP contribution in [0.5, 0.6) is 0 Å². The van der Waals surface area contributed by atoms with E-state index in [1.165, 1.54) is 17.0 Å². The van der Waals surface area contributed by atoms with Crippen molar-refractivity contribution in [2.24, 2.45) is 0 Å². The Labute approximate surface area is 121 Å². The van der Waals surface area contributed by atoms with Gasteiger partial charge in [-0.15, -0.1) is 11.3 Å². The van der Waals surface area contributed by atoms with Crippen LogP contribution in [0.15, 0.2) is 35.7 Å². The lowest BCUT2D eigenvalue weighted by atomic mass is 9.91. The normalized spacial score (nSPS) is 11.3. The van der Waals surface area contributed by atoms with Crippen LogP contribution in [0.4, 0.5) is 10.1 Å². The molecule has 1 heterocycles. The number of nitrogens with one attached hydrogen (secondary N) is 1. The van der Waals surface area contributed by atoms with Crippen LogP contribution in [-0.4, -0.2) is 17.6 Å². The lowest BCUT2D eigenvalue weighted by molar-refractivity contribution is 0.0692. The molecule has 3 nitrogen and oxygen atoms in total. The number of hydrogen-bond acceptors (Lipinski definition) is 3. The van der Waals surface area contributed by atoms with Gasteiger partial charge < -0.3 is 10.4 Å². The van der Waals surface area contributed by atoms with Gasteiger partial charge in [0.05, 0.1) is 5.56 Å². The second-order valence-electron chi connectivity index (χ2n) is 5.21. The summed E-state index contributed by atoms with van der Waals surface area (Å²) in [7, 11) is 0. The molecule has 0 fully saturated rings. The number of benzene rings is 1. The number of anilines is 1. The fourth-order valence-corrected chi connectivity index (χ4v) is 2.72. The SMILES string of the molecule is CC(C)(CNc1ccc(C(=O)O)c(F)c1)c1cccs1. The Hall–Kier alpha value is -1.88. The molecule has 0 aliphatic heterocycles. The van der Waals surface area contributed by atoms with Crippen molar-refractivity contribution in [3.05, 3.63) is 52.0 Å². The van der Waals surface area contributed by atoms with Crippen molar-refractivity contribution in [3.63, 3.8) is 0 Å². The Bertz CT molecular complexity index is 608. The summed E-state index contributed by atoms with van der Waals surface area (Å²) in [5.41, 5.74) is 0.195. The molecule has 2 rings (SSSR count). The molecule has 0 bridgehead atoms. The van der Waals surface area contributed by atoms with E-state index in [1.807, 2.05) is 11.4 Å². The van der Waals surface area contributed by atoms with Crippen LogP contribution in [0.2, 0.25) is 0 Å². The van der Waals surface area contributed by atoms with Crippen LogP contribution in [-0.2, 0) is 5.41 Å². The summed E-state index contributed by atoms with van der Waals surface area (Å²) in [4.78, 5) is 12.0. The van der Waals surface area contributed by atoms with Crippen LogP contribution < -0.4 is 5.32 Å². The first-order chi connectivity index (χ1) is 9.40. The summed E-state index contributed by atoms with van der Waals surface area (Å²) in [6, 6.07) is 8.15. The molecule has 1 aromatic heterocycles. The van der Waals surface area contributed by atoms with Crippen LogP contribution in [0.1, 0.15) is 29.1 Å². The monoisotopic (exact) mass is 293 g/mol. The average molecular weight is 293 g/mol. The maximum atomic E-state index is 13.6. The van der Waals surface area contributed by atoms with E-state index in [-0.39, 0.29) is 11.0 Å². The molecule has 1 aromatic carbocycles. The van der Waals surface area contributed by atoms with Crippen molar-refractivity contribution >= 4 is 23.0 Å². The maximum Gasteiger partial charge on any atom is 0.338 e. The number of rotatable bonds is 5. The molecule has 5 heteroatoms. The summed E-state index contributed by atoms with van der Waals surface area (Å²) in [6.07, 6.45) is 0. The minimum Gasteiger partial charge on any atom is -0.478 e. The van der Waals surface area contributed by atoms with E-state index >= 15 is 0 Å². The first-order valence-electron chi connectivity index (χ1n) is 6.21. The van der Waals surface area contributed by atoms with E-state index in [9.17, 15) is 9.18 Å². The van der Waals surface area contributed by atoms with Gasteiger partial charge in [0, 0.05) is 22.5 Å². The highest BCUT2D eigenvalue weighted by atomic mass is 32.1. The number of carboxylic acid groups (broad SMARTS) is 1. The van der Waals surface area contributed by atoms with E-state index in [4.69, 9.17) is 5.11 Å². The first-order valence-corrected chi connectivity index (χ1v) is 7.09. The number of hydrogen-bond donors (Lipinski definition) is 2. The molecule has 0 spiro atoms. The number of thiophene rings is 1. The van der Waals surface area contributed by atoms with Gasteiger partial charge in [0.2, 0.25) is 0 Å². The third-order valence-corrected chi connectivity index (χ3v) is 4.36. The van der Waals surface area contributed by atoms with E-state index in [0.717, 1.165) is 0 Å². The predicted octanol–water partition coefficient (Wildman–Crippen LogP) is 3.98. The molecule has 0 saturated heterocycles. The van der Waals surface area contributed by atoms with Gasteiger partial charge in [-0.25, -0.2) is 9.18 Å². The first kappa shape index (κ1) is 14.5. The Balaban J connectivity index is 2.08. The van der Waals surface area contributed by atoms with Gasteiger partial charge in [0.1, 0.15) is 5.82 Å². The van der Waals surface area contributed by atoms with Crippen molar-refractivity contribution < 1.29 is 14.3 Å². The second kappa shape index (κ2) is 5.63. The van der Waals surface area contributed by atoms with Gasteiger partial charge in [-0.1, -0.05) is 19.9 Å². The lowest BCUT2D eigenvalue weighted by Crippen LogP contribution is -2.26.